The summed E-state index contributed by atoms with van der Waals surface area (Å²) in [4.78, 5) is 22.3. The number of halogens is 2. The van der Waals surface area contributed by atoms with Crippen molar-refractivity contribution in [2.75, 3.05) is 5.88 Å². The molecule has 1 aromatic rings. The van der Waals surface area contributed by atoms with Gasteiger partial charge in [0.15, 0.2) is 0 Å². The van der Waals surface area contributed by atoms with E-state index in [1.165, 1.54) is 0 Å². The van der Waals surface area contributed by atoms with Crippen molar-refractivity contribution in [2.45, 2.75) is 31.2 Å². The molecule has 0 saturated heterocycles. The predicted octanol–water partition coefficient (Wildman–Crippen LogP) is 3.02. The van der Waals surface area contributed by atoms with Gasteiger partial charge in [0.2, 0.25) is 0 Å². The van der Waals surface area contributed by atoms with Gasteiger partial charge >= 0.3 is 0 Å². The van der Waals surface area contributed by atoms with E-state index in [9.17, 15) is 19.3 Å². The summed E-state index contributed by atoms with van der Waals surface area (Å²) in [5, 5.41) is 13.7. The van der Waals surface area contributed by atoms with Crippen molar-refractivity contribution in [3.05, 3.63) is 39.7 Å². The molecular formula is C13H14ClFN2O3. The van der Waals surface area contributed by atoms with E-state index in [1.54, 1.807) is 0 Å². The van der Waals surface area contributed by atoms with Crippen molar-refractivity contribution in [1.29, 1.82) is 0 Å². The zero-order valence-electron chi connectivity index (χ0n) is 10.7. The summed E-state index contributed by atoms with van der Waals surface area (Å²) in [6.07, 6.45) is 3.41. The molecule has 7 heteroatoms. The van der Waals surface area contributed by atoms with Gasteiger partial charge in [-0.2, -0.15) is 0 Å². The summed E-state index contributed by atoms with van der Waals surface area (Å²) in [7, 11) is 0. The number of nitrogens with zero attached hydrogens (tertiary/aromatic N) is 1. The second kappa shape index (κ2) is 5.75. The first kappa shape index (κ1) is 14.7. The summed E-state index contributed by atoms with van der Waals surface area (Å²) in [5.41, 5.74) is -1.20. The molecule has 0 aromatic heterocycles. The van der Waals surface area contributed by atoms with Crippen molar-refractivity contribution in [2.24, 2.45) is 0 Å². The van der Waals surface area contributed by atoms with Crippen LogP contribution in [0.15, 0.2) is 18.2 Å². The van der Waals surface area contributed by atoms with Crippen molar-refractivity contribution >= 4 is 23.2 Å². The third-order valence-corrected chi connectivity index (χ3v) is 4.11. The number of nitro groups is 1. The Hall–Kier alpha value is -1.69. The molecular weight excluding hydrogens is 287 g/mol. The number of amides is 1. The van der Waals surface area contributed by atoms with Gasteiger partial charge in [0, 0.05) is 5.88 Å². The highest BCUT2D eigenvalue weighted by molar-refractivity contribution is 6.19. The first-order valence-corrected chi connectivity index (χ1v) is 6.83. The predicted molar refractivity (Wildman–Crippen MR) is 72.4 cm³/mol. The van der Waals surface area contributed by atoms with Crippen LogP contribution in [0.25, 0.3) is 0 Å². The molecule has 0 aliphatic heterocycles. The highest BCUT2D eigenvalue weighted by Crippen LogP contribution is 2.31. The van der Waals surface area contributed by atoms with Crippen LogP contribution in [0.3, 0.4) is 0 Å². The van der Waals surface area contributed by atoms with E-state index in [0.29, 0.717) is 0 Å². The second-order valence-electron chi connectivity index (χ2n) is 4.99. The third kappa shape index (κ3) is 2.90. The van der Waals surface area contributed by atoms with E-state index in [2.05, 4.69) is 5.32 Å². The number of carbonyl (C=O) groups is 1. The molecule has 2 rings (SSSR count). The van der Waals surface area contributed by atoms with E-state index in [1.807, 2.05) is 0 Å². The van der Waals surface area contributed by atoms with Gasteiger partial charge < -0.3 is 5.32 Å². The molecule has 1 amide bonds. The fourth-order valence-electron chi connectivity index (χ4n) is 2.50. The Morgan fingerprint density at radius 2 is 2.10 bits per heavy atom. The van der Waals surface area contributed by atoms with Crippen LogP contribution in [-0.2, 0) is 0 Å². The quantitative estimate of drug-likeness (QED) is 0.528. The molecule has 0 bridgehead atoms. The molecule has 1 aliphatic rings. The molecule has 0 atom stereocenters. The maximum atomic E-state index is 13.1. The Morgan fingerprint density at radius 3 is 2.65 bits per heavy atom. The smallest absolute Gasteiger partial charge is 0.285 e. The SMILES string of the molecule is O=C(NC1(CCl)CCCC1)c1ccc(F)cc1[N+](=O)[O-]. The van der Waals surface area contributed by atoms with Gasteiger partial charge in [0.05, 0.1) is 16.5 Å². The fourth-order valence-corrected chi connectivity index (χ4v) is 2.83. The highest BCUT2D eigenvalue weighted by Gasteiger charge is 2.36. The summed E-state index contributed by atoms with van der Waals surface area (Å²) in [6.45, 7) is 0. The minimum atomic E-state index is -0.764. The Balaban J connectivity index is 2.27. The van der Waals surface area contributed by atoms with E-state index in [0.717, 1.165) is 43.9 Å². The number of hydrogen-bond acceptors (Lipinski definition) is 3. The van der Waals surface area contributed by atoms with Crippen LogP contribution in [0.2, 0.25) is 0 Å². The minimum absolute atomic E-state index is 0.146. The van der Waals surface area contributed by atoms with Gasteiger partial charge in [-0.05, 0) is 25.0 Å². The van der Waals surface area contributed by atoms with Crippen LogP contribution in [-0.4, -0.2) is 22.2 Å². The first-order chi connectivity index (χ1) is 9.47. The minimum Gasteiger partial charge on any atom is -0.345 e. The summed E-state index contributed by atoms with van der Waals surface area (Å²) >= 11 is 5.92. The van der Waals surface area contributed by atoms with Crippen LogP contribution in [0.4, 0.5) is 10.1 Å². The lowest BCUT2D eigenvalue weighted by Gasteiger charge is -2.27. The monoisotopic (exact) mass is 300 g/mol. The van der Waals surface area contributed by atoms with Gasteiger partial charge in [0.25, 0.3) is 11.6 Å². The molecule has 0 spiro atoms. The summed E-state index contributed by atoms with van der Waals surface area (Å²) in [6, 6.07) is 2.90. The molecule has 5 nitrogen and oxygen atoms in total. The van der Waals surface area contributed by atoms with Gasteiger partial charge in [-0.1, -0.05) is 12.8 Å². The molecule has 1 aromatic carbocycles. The normalized spacial score (nSPS) is 16.9. The van der Waals surface area contributed by atoms with Gasteiger partial charge in [-0.25, -0.2) is 4.39 Å². The van der Waals surface area contributed by atoms with Crippen LogP contribution < -0.4 is 5.32 Å². The second-order valence-corrected chi connectivity index (χ2v) is 5.26. The lowest BCUT2D eigenvalue weighted by Crippen LogP contribution is -2.48. The lowest BCUT2D eigenvalue weighted by molar-refractivity contribution is -0.385. The Morgan fingerprint density at radius 1 is 1.45 bits per heavy atom. The van der Waals surface area contributed by atoms with E-state index in [-0.39, 0.29) is 11.4 Å². The molecule has 0 unspecified atom stereocenters. The summed E-state index contributed by atoms with van der Waals surface area (Å²) < 4.78 is 13.1. The molecule has 0 heterocycles. The third-order valence-electron chi connectivity index (χ3n) is 3.60. The van der Waals surface area contributed by atoms with Crippen LogP contribution in [0.1, 0.15) is 36.0 Å². The van der Waals surface area contributed by atoms with Crippen LogP contribution >= 0.6 is 11.6 Å². The number of rotatable bonds is 4. The van der Waals surface area contributed by atoms with Crippen LogP contribution in [0, 0.1) is 15.9 Å². The topological polar surface area (TPSA) is 72.2 Å². The lowest BCUT2D eigenvalue weighted by atomic mass is 9.99. The van der Waals surface area contributed by atoms with Crippen molar-refractivity contribution in [1.82, 2.24) is 5.32 Å². The molecule has 20 heavy (non-hydrogen) atoms. The molecule has 1 aliphatic carbocycles. The van der Waals surface area contributed by atoms with Crippen molar-refractivity contribution < 1.29 is 14.1 Å². The number of alkyl halides is 1. The molecule has 1 fully saturated rings. The Labute approximate surface area is 120 Å². The molecule has 108 valence electrons. The largest absolute Gasteiger partial charge is 0.345 e. The van der Waals surface area contributed by atoms with Gasteiger partial charge in [-0.3, -0.25) is 14.9 Å². The zero-order chi connectivity index (χ0) is 14.8. The number of benzene rings is 1. The molecule has 0 radical (unpaired) electrons. The standard InChI is InChI=1S/C13H14ClFN2O3/c14-8-13(5-1-2-6-13)16-12(18)10-4-3-9(15)7-11(10)17(19)20/h3-4,7H,1-2,5-6,8H2,(H,16,18). The first-order valence-electron chi connectivity index (χ1n) is 6.30. The van der Waals surface area contributed by atoms with Gasteiger partial charge in [0.1, 0.15) is 11.4 Å². The molecule has 1 saturated carbocycles. The maximum absolute atomic E-state index is 13.1. The highest BCUT2D eigenvalue weighted by atomic mass is 35.5. The van der Waals surface area contributed by atoms with Crippen molar-refractivity contribution in [3.8, 4) is 0 Å². The van der Waals surface area contributed by atoms with E-state index in [4.69, 9.17) is 11.6 Å². The van der Waals surface area contributed by atoms with E-state index < -0.39 is 27.9 Å². The Bertz CT molecular complexity index is 544. The van der Waals surface area contributed by atoms with E-state index >= 15 is 0 Å². The number of hydrogen-bond donors (Lipinski definition) is 1. The summed E-state index contributed by atoms with van der Waals surface area (Å²) in [5.74, 6) is -1.08. The van der Waals surface area contributed by atoms with Crippen LogP contribution in [0.5, 0.6) is 0 Å². The zero-order valence-corrected chi connectivity index (χ0v) is 11.5. The Kier molecular flexibility index (Phi) is 4.23. The number of nitrogens with one attached hydrogen (secondary N) is 1. The average molecular weight is 301 g/mol. The molecule has 1 N–H and O–H groups in total. The van der Waals surface area contributed by atoms with Gasteiger partial charge in [-0.15, -0.1) is 11.6 Å². The fraction of sp³-hybridized carbons (Fsp3) is 0.462. The average Bonchev–Trinajstić information content (AvgIpc) is 2.87. The number of carbonyl (C=O) groups excluding carboxylic acids is 1. The van der Waals surface area contributed by atoms with Crippen molar-refractivity contribution in [3.63, 3.8) is 0 Å². The maximum Gasteiger partial charge on any atom is 0.285 e. The number of nitro benzene ring substituents is 1.